The molecule has 0 saturated carbocycles. The smallest absolute Gasteiger partial charge is 0.282 e. The molecule has 0 unspecified atom stereocenters. The van der Waals surface area contributed by atoms with Crippen molar-refractivity contribution in [1.82, 2.24) is 4.90 Å². The van der Waals surface area contributed by atoms with Crippen molar-refractivity contribution >= 4 is 28.5 Å². The molecule has 16 heavy (non-hydrogen) atoms. The summed E-state index contributed by atoms with van der Waals surface area (Å²) in [5.41, 5.74) is 0.262. The Morgan fingerprint density at radius 3 is 2.50 bits per heavy atom. The van der Waals surface area contributed by atoms with Gasteiger partial charge in [-0.2, -0.15) is 0 Å². The van der Waals surface area contributed by atoms with Crippen molar-refractivity contribution in [3.63, 3.8) is 0 Å². The average Bonchev–Trinajstić information content (AvgIpc) is 2.13. The van der Waals surface area contributed by atoms with Crippen molar-refractivity contribution in [2.24, 2.45) is 0 Å². The lowest BCUT2D eigenvalue weighted by molar-refractivity contribution is -0.113. The van der Waals surface area contributed by atoms with E-state index in [2.05, 4.69) is 0 Å². The fourth-order valence-electron chi connectivity index (χ4n) is 1.49. The second-order valence-electron chi connectivity index (χ2n) is 3.64. The van der Waals surface area contributed by atoms with Crippen LogP contribution in [0.15, 0.2) is 18.2 Å². The number of carbonyl (C=O) groups is 1. The topological polar surface area (TPSA) is 20.3 Å². The van der Waals surface area contributed by atoms with Crippen molar-refractivity contribution in [1.29, 1.82) is 0 Å². The summed E-state index contributed by atoms with van der Waals surface area (Å²) in [5, 5.41) is 0. The van der Waals surface area contributed by atoms with E-state index in [0.29, 0.717) is 3.57 Å². The Bertz CT molecular complexity index is 442. The minimum atomic E-state index is -2.78. The van der Waals surface area contributed by atoms with E-state index in [1.165, 1.54) is 12.1 Å². The van der Waals surface area contributed by atoms with Crippen LogP contribution in [0.4, 0.5) is 13.2 Å². The lowest BCUT2D eigenvalue weighted by Gasteiger charge is -2.38. The zero-order chi connectivity index (χ0) is 11.9. The number of rotatable bonds is 1. The normalized spacial score (nSPS) is 18.1. The Balaban J connectivity index is 2.16. The number of alkyl halides is 2. The molecule has 0 aliphatic carbocycles. The molecule has 0 bridgehead atoms. The third kappa shape index (κ3) is 2.16. The predicted octanol–water partition coefficient (Wildman–Crippen LogP) is 2.52. The number of hydrogen-bond acceptors (Lipinski definition) is 1. The summed E-state index contributed by atoms with van der Waals surface area (Å²) in [4.78, 5) is 12.8. The standard InChI is InChI=1S/C10H7F3INO/c11-6-1-2-7(8(14)3-6)9(16)15-4-10(12,13)5-15/h1-3H,4-5H2. The first-order valence-corrected chi connectivity index (χ1v) is 5.59. The molecule has 0 spiro atoms. The Morgan fingerprint density at radius 1 is 1.38 bits per heavy atom. The number of carbonyl (C=O) groups excluding carboxylic acids is 1. The van der Waals surface area contributed by atoms with E-state index in [9.17, 15) is 18.0 Å². The fraction of sp³-hybridized carbons (Fsp3) is 0.300. The highest BCUT2D eigenvalue weighted by atomic mass is 127. The second-order valence-corrected chi connectivity index (χ2v) is 4.80. The quantitative estimate of drug-likeness (QED) is 0.719. The van der Waals surface area contributed by atoms with Gasteiger partial charge in [0.15, 0.2) is 0 Å². The van der Waals surface area contributed by atoms with Crippen molar-refractivity contribution in [3.05, 3.63) is 33.1 Å². The zero-order valence-electron chi connectivity index (χ0n) is 8.01. The van der Waals surface area contributed by atoms with Crippen LogP contribution in [0, 0.1) is 9.39 Å². The second kappa shape index (κ2) is 3.90. The molecule has 0 radical (unpaired) electrons. The first-order valence-electron chi connectivity index (χ1n) is 4.51. The largest absolute Gasteiger partial charge is 0.326 e. The number of benzene rings is 1. The molecule has 1 heterocycles. The van der Waals surface area contributed by atoms with Gasteiger partial charge in [0.2, 0.25) is 0 Å². The van der Waals surface area contributed by atoms with Crippen LogP contribution in [-0.4, -0.2) is 29.8 Å². The SMILES string of the molecule is O=C(c1ccc(F)cc1I)N1CC(F)(F)C1. The van der Waals surface area contributed by atoms with Gasteiger partial charge in [0, 0.05) is 3.57 Å². The van der Waals surface area contributed by atoms with Crippen molar-refractivity contribution < 1.29 is 18.0 Å². The van der Waals surface area contributed by atoms with Crippen molar-refractivity contribution in [2.75, 3.05) is 13.1 Å². The van der Waals surface area contributed by atoms with Crippen LogP contribution in [0.3, 0.4) is 0 Å². The van der Waals surface area contributed by atoms with E-state index < -0.39 is 30.7 Å². The molecule has 1 aliphatic heterocycles. The molecule has 6 heteroatoms. The highest BCUT2D eigenvalue weighted by Gasteiger charge is 2.46. The minimum absolute atomic E-state index is 0.262. The van der Waals surface area contributed by atoms with Gasteiger partial charge in [-0.15, -0.1) is 0 Å². The highest BCUT2D eigenvalue weighted by molar-refractivity contribution is 14.1. The van der Waals surface area contributed by atoms with Gasteiger partial charge in [-0.05, 0) is 40.8 Å². The molecule has 0 aromatic heterocycles. The number of hydrogen-bond donors (Lipinski definition) is 0. The van der Waals surface area contributed by atoms with Gasteiger partial charge in [0.1, 0.15) is 5.82 Å². The Kier molecular flexibility index (Phi) is 2.85. The van der Waals surface area contributed by atoms with Crippen LogP contribution in [0.1, 0.15) is 10.4 Å². The Hall–Kier alpha value is -0.790. The molecule has 1 aromatic carbocycles. The Labute approximate surface area is 104 Å². The number of likely N-dealkylation sites (tertiary alicyclic amines) is 1. The van der Waals surface area contributed by atoms with E-state index >= 15 is 0 Å². The van der Waals surface area contributed by atoms with E-state index in [0.717, 1.165) is 11.0 Å². The van der Waals surface area contributed by atoms with E-state index in [1.807, 2.05) is 22.6 Å². The number of nitrogens with zero attached hydrogens (tertiary/aromatic N) is 1. The maximum absolute atomic E-state index is 12.8. The molecule has 1 saturated heterocycles. The summed E-state index contributed by atoms with van der Waals surface area (Å²) in [6.45, 7) is -1.11. The van der Waals surface area contributed by atoms with Gasteiger partial charge in [-0.25, -0.2) is 13.2 Å². The van der Waals surface area contributed by atoms with Crippen LogP contribution < -0.4 is 0 Å². The Morgan fingerprint density at radius 2 is 2.00 bits per heavy atom. The molecule has 2 nitrogen and oxygen atoms in total. The summed E-state index contributed by atoms with van der Waals surface area (Å²) >= 11 is 1.81. The maximum atomic E-state index is 12.8. The lowest BCUT2D eigenvalue weighted by Crippen LogP contribution is -2.58. The van der Waals surface area contributed by atoms with E-state index in [4.69, 9.17) is 0 Å². The average molecular weight is 341 g/mol. The molecular formula is C10H7F3INO. The number of halogens is 4. The molecular weight excluding hydrogens is 334 g/mol. The molecule has 0 N–H and O–H groups in total. The molecule has 1 amide bonds. The van der Waals surface area contributed by atoms with Crippen molar-refractivity contribution in [2.45, 2.75) is 5.92 Å². The molecule has 1 fully saturated rings. The van der Waals surface area contributed by atoms with Gasteiger partial charge >= 0.3 is 0 Å². The fourth-order valence-corrected chi connectivity index (χ4v) is 2.20. The summed E-state index contributed by atoms with van der Waals surface area (Å²) in [7, 11) is 0. The van der Waals surface area contributed by atoms with E-state index in [-0.39, 0.29) is 5.56 Å². The first-order chi connectivity index (χ1) is 7.39. The summed E-state index contributed by atoms with van der Waals surface area (Å²) in [6.07, 6.45) is 0. The van der Waals surface area contributed by atoms with Gasteiger partial charge in [-0.3, -0.25) is 4.79 Å². The molecule has 2 rings (SSSR count). The van der Waals surface area contributed by atoms with Crippen LogP contribution >= 0.6 is 22.6 Å². The zero-order valence-corrected chi connectivity index (χ0v) is 10.2. The summed E-state index contributed by atoms with van der Waals surface area (Å²) < 4.78 is 38.4. The van der Waals surface area contributed by atoms with Crippen LogP contribution in [0.5, 0.6) is 0 Å². The summed E-state index contributed by atoms with van der Waals surface area (Å²) in [5.74, 6) is -3.70. The molecule has 86 valence electrons. The maximum Gasteiger partial charge on any atom is 0.282 e. The monoisotopic (exact) mass is 341 g/mol. The van der Waals surface area contributed by atoms with Gasteiger partial charge in [0.05, 0.1) is 18.7 Å². The summed E-state index contributed by atoms with van der Waals surface area (Å²) in [6, 6.07) is 3.66. The lowest BCUT2D eigenvalue weighted by atomic mass is 10.1. The molecule has 0 atom stereocenters. The van der Waals surface area contributed by atoms with Crippen molar-refractivity contribution in [3.8, 4) is 0 Å². The first kappa shape index (κ1) is 11.7. The van der Waals surface area contributed by atoms with E-state index in [1.54, 1.807) is 0 Å². The molecule has 1 aliphatic rings. The van der Waals surface area contributed by atoms with Gasteiger partial charge in [0.25, 0.3) is 11.8 Å². The predicted molar refractivity (Wildman–Crippen MR) is 60.0 cm³/mol. The molecule has 1 aromatic rings. The van der Waals surface area contributed by atoms with Gasteiger partial charge in [-0.1, -0.05) is 0 Å². The van der Waals surface area contributed by atoms with Gasteiger partial charge < -0.3 is 4.90 Å². The van der Waals surface area contributed by atoms with Crippen LogP contribution in [0.2, 0.25) is 0 Å². The van der Waals surface area contributed by atoms with Crippen LogP contribution in [0.25, 0.3) is 0 Å². The minimum Gasteiger partial charge on any atom is -0.326 e. The third-order valence-electron chi connectivity index (χ3n) is 2.29. The highest BCUT2D eigenvalue weighted by Crippen LogP contribution is 2.29. The van der Waals surface area contributed by atoms with Crippen LogP contribution in [-0.2, 0) is 0 Å². The number of amides is 1. The third-order valence-corrected chi connectivity index (χ3v) is 3.19.